The van der Waals surface area contributed by atoms with Crippen LogP contribution in [-0.2, 0) is 0 Å². The average Bonchev–Trinajstić information content (AvgIpc) is 2.78. The molecule has 102 valence electrons. The third-order valence-electron chi connectivity index (χ3n) is 5.07. The van der Waals surface area contributed by atoms with E-state index in [0.29, 0.717) is 0 Å². The van der Waals surface area contributed by atoms with Crippen molar-refractivity contribution < 1.29 is 9.21 Å². The van der Waals surface area contributed by atoms with Crippen molar-refractivity contribution in [1.29, 1.82) is 0 Å². The van der Waals surface area contributed by atoms with Gasteiger partial charge in [-0.2, -0.15) is 0 Å². The first-order valence-corrected chi connectivity index (χ1v) is 7.19. The first-order chi connectivity index (χ1) is 9.21. The van der Waals surface area contributed by atoms with Crippen molar-refractivity contribution in [3.8, 4) is 0 Å². The van der Waals surface area contributed by atoms with Gasteiger partial charge in [-0.3, -0.25) is 5.32 Å². The predicted molar refractivity (Wildman–Crippen MR) is 69.6 cm³/mol. The SMILES string of the molecule is O=C(Nc1ncco1)NC12CC3CC(CC(C3)C1)C2. The molecule has 4 fully saturated rings. The van der Waals surface area contributed by atoms with Crippen LogP contribution in [-0.4, -0.2) is 16.6 Å². The fraction of sp³-hybridized carbons (Fsp3) is 0.714. The van der Waals surface area contributed by atoms with Gasteiger partial charge in [0.05, 0.1) is 6.20 Å². The summed E-state index contributed by atoms with van der Waals surface area (Å²) in [6.45, 7) is 0. The first-order valence-electron chi connectivity index (χ1n) is 7.19. The lowest BCUT2D eigenvalue weighted by atomic mass is 9.53. The van der Waals surface area contributed by atoms with Gasteiger partial charge >= 0.3 is 12.0 Å². The second-order valence-corrected chi connectivity index (χ2v) is 6.61. The number of nitrogens with one attached hydrogen (secondary N) is 2. The van der Waals surface area contributed by atoms with Gasteiger partial charge in [-0.25, -0.2) is 9.78 Å². The molecule has 0 aliphatic heterocycles. The van der Waals surface area contributed by atoms with Crippen LogP contribution < -0.4 is 10.6 Å². The van der Waals surface area contributed by atoms with E-state index < -0.39 is 0 Å². The minimum absolute atomic E-state index is 0.0332. The number of oxazole rings is 1. The van der Waals surface area contributed by atoms with Crippen molar-refractivity contribution in [3.63, 3.8) is 0 Å². The number of rotatable bonds is 2. The first kappa shape index (κ1) is 11.3. The fourth-order valence-electron chi connectivity index (χ4n) is 4.92. The Kier molecular flexibility index (Phi) is 2.37. The standard InChI is InChI=1S/C14H19N3O2/c18-12(16-13-15-1-2-19-13)17-14-6-9-3-10(7-14)5-11(4-9)8-14/h1-2,9-11H,3-8H2,(H2,15,16,17,18). The van der Waals surface area contributed by atoms with Crippen LogP contribution >= 0.6 is 0 Å². The Balaban J connectivity index is 1.46. The monoisotopic (exact) mass is 261 g/mol. The molecular formula is C14H19N3O2. The Bertz CT molecular complexity index is 448. The zero-order chi connectivity index (χ0) is 12.9. The van der Waals surface area contributed by atoms with Crippen LogP contribution in [0.4, 0.5) is 10.8 Å². The summed E-state index contributed by atoms with van der Waals surface area (Å²) in [4.78, 5) is 16.0. The molecule has 0 aromatic carbocycles. The van der Waals surface area contributed by atoms with E-state index in [1.807, 2.05) is 0 Å². The maximum Gasteiger partial charge on any atom is 0.323 e. The van der Waals surface area contributed by atoms with Crippen LogP contribution in [0.5, 0.6) is 0 Å². The van der Waals surface area contributed by atoms with Crippen molar-refractivity contribution in [2.45, 2.75) is 44.1 Å². The van der Waals surface area contributed by atoms with Crippen molar-refractivity contribution in [2.75, 3.05) is 5.32 Å². The molecule has 1 aromatic rings. The van der Waals surface area contributed by atoms with Gasteiger partial charge in [0.1, 0.15) is 6.26 Å². The Morgan fingerprint density at radius 2 is 1.84 bits per heavy atom. The Labute approximate surface area is 112 Å². The molecule has 1 heterocycles. The molecule has 2 N–H and O–H groups in total. The molecule has 2 amide bonds. The van der Waals surface area contributed by atoms with E-state index in [0.717, 1.165) is 37.0 Å². The molecule has 0 saturated heterocycles. The van der Waals surface area contributed by atoms with Crippen LogP contribution in [0, 0.1) is 17.8 Å². The lowest BCUT2D eigenvalue weighted by molar-refractivity contribution is -0.0127. The lowest BCUT2D eigenvalue weighted by Crippen LogP contribution is -2.60. The molecule has 19 heavy (non-hydrogen) atoms. The third kappa shape index (κ3) is 2.01. The molecule has 0 unspecified atom stereocenters. The van der Waals surface area contributed by atoms with Crippen LogP contribution in [0.25, 0.3) is 0 Å². The van der Waals surface area contributed by atoms with E-state index in [2.05, 4.69) is 15.6 Å². The highest BCUT2D eigenvalue weighted by Gasteiger charge is 2.51. The minimum Gasteiger partial charge on any atom is -0.432 e. The van der Waals surface area contributed by atoms with Crippen molar-refractivity contribution in [3.05, 3.63) is 12.5 Å². The summed E-state index contributed by atoms with van der Waals surface area (Å²) >= 11 is 0. The van der Waals surface area contributed by atoms with E-state index in [9.17, 15) is 4.79 Å². The highest BCUT2D eigenvalue weighted by Crippen LogP contribution is 2.55. The summed E-state index contributed by atoms with van der Waals surface area (Å²) in [5.41, 5.74) is 0.0332. The van der Waals surface area contributed by atoms with Gasteiger partial charge in [-0.1, -0.05) is 0 Å². The predicted octanol–water partition coefficient (Wildman–Crippen LogP) is 2.76. The van der Waals surface area contributed by atoms with Crippen molar-refractivity contribution >= 4 is 12.0 Å². The summed E-state index contributed by atoms with van der Waals surface area (Å²) < 4.78 is 5.04. The summed E-state index contributed by atoms with van der Waals surface area (Å²) in [7, 11) is 0. The highest BCUT2D eigenvalue weighted by molar-refractivity contribution is 5.87. The Morgan fingerprint density at radius 3 is 2.37 bits per heavy atom. The molecule has 0 radical (unpaired) electrons. The largest absolute Gasteiger partial charge is 0.432 e. The molecule has 0 atom stereocenters. The summed E-state index contributed by atoms with van der Waals surface area (Å²) in [6.07, 6.45) is 10.6. The number of aromatic nitrogens is 1. The smallest absolute Gasteiger partial charge is 0.323 e. The van der Waals surface area contributed by atoms with Crippen LogP contribution in [0.3, 0.4) is 0 Å². The topological polar surface area (TPSA) is 67.2 Å². The number of carbonyl (C=O) groups is 1. The summed E-state index contributed by atoms with van der Waals surface area (Å²) in [5, 5.41) is 5.88. The number of amides is 2. The summed E-state index contributed by atoms with van der Waals surface area (Å²) in [6, 6.07) is 0.0895. The molecule has 4 bridgehead atoms. The van der Waals surface area contributed by atoms with Gasteiger partial charge in [0.25, 0.3) is 0 Å². The fourth-order valence-corrected chi connectivity index (χ4v) is 4.92. The molecule has 5 heteroatoms. The molecule has 4 aliphatic rings. The maximum atomic E-state index is 12.1. The number of urea groups is 1. The molecule has 4 aliphatic carbocycles. The van der Waals surface area contributed by atoms with Gasteiger partial charge in [0, 0.05) is 5.54 Å². The molecule has 0 spiro atoms. The van der Waals surface area contributed by atoms with Gasteiger partial charge in [0.2, 0.25) is 0 Å². The summed E-state index contributed by atoms with van der Waals surface area (Å²) in [5.74, 6) is 2.48. The zero-order valence-electron chi connectivity index (χ0n) is 10.9. The second-order valence-electron chi connectivity index (χ2n) is 6.61. The molecular weight excluding hydrogens is 242 g/mol. The highest BCUT2D eigenvalue weighted by atomic mass is 16.4. The van der Waals surface area contributed by atoms with Gasteiger partial charge < -0.3 is 9.73 Å². The molecule has 5 rings (SSSR count). The number of nitrogens with zero attached hydrogens (tertiary/aromatic N) is 1. The normalized spacial score (nSPS) is 39.3. The number of carbonyl (C=O) groups excluding carboxylic acids is 1. The molecule has 1 aromatic heterocycles. The third-order valence-corrected chi connectivity index (χ3v) is 5.07. The Hall–Kier alpha value is -1.52. The van der Waals surface area contributed by atoms with Gasteiger partial charge in [0.15, 0.2) is 0 Å². The van der Waals surface area contributed by atoms with E-state index in [1.165, 1.54) is 31.7 Å². The zero-order valence-corrected chi connectivity index (χ0v) is 10.9. The van der Waals surface area contributed by atoms with E-state index in [4.69, 9.17) is 4.42 Å². The van der Waals surface area contributed by atoms with Crippen LogP contribution in [0.1, 0.15) is 38.5 Å². The second kappa shape index (κ2) is 3.99. The van der Waals surface area contributed by atoms with Gasteiger partial charge in [-0.05, 0) is 56.3 Å². The van der Waals surface area contributed by atoms with Crippen LogP contribution in [0.15, 0.2) is 16.9 Å². The van der Waals surface area contributed by atoms with Crippen molar-refractivity contribution in [2.24, 2.45) is 17.8 Å². The average molecular weight is 261 g/mol. The number of hydrogen-bond donors (Lipinski definition) is 2. The lowest BCUT2D eigenvalue weighted by Gasteiger charge is -2.56. The van der Waals surface area contributed by atoms with E-state index in [-0.39, 0.29) is 17.6 Å². The van der Waals surface area contributed by atoms with Crippen LogP contribution in [0.2, 0.25) is 0 Å². The Morgan fingerprint density at radius 1 is 1.21 bits per heavy atom. The van der Waals surface area contributed by atoms with E-state index in [1.54, 1.807) is 0 Å². The van der Waals surface area contributed by atoms with Crippen molar-refractivity contribution in [1.82, 2.24) is 10.3 Å². The number of anilines is 1. The quantitative estimate of drug-likeness (QED) is 0.860. The molecule has 5 nitrogen and oxygen atoms in total. The van der Waals surface area contributed by atoms with E-state index >= 15 is 0 Å². The molecule has 4 saturated carbocycles. The maximum absolute atomic E-state index is 12.1. The van der Waals surface area contributed by atoms with Gasteiger partial charge in [-0.15, -0.1) is 0 Å². The number of hydrogen-bond acceptors (Lipinski definition) is 3. The minimum atomic E-state index is -0.176.